The van der Waals surface area contributed by atoms with Crippen molar-refractivity contribution in [1.29, 1.82) is 0 Å². The number of halogens is 2. The van der Waals surface area contributed by atoms with Crippen LogP contribution in [0.2, 0.25) is 10.0 Å². The van der Waals surface area contributed by atoms with Crippen molar-refractivity contribution >= 4 is 52.4 Å². The first-order chi connectivity index (χ1) is 13.4. The Morgan fingerprint density at radius 1 is 0.929 bits per heavy atom. The summed E-state index contributed by atoms with van der Waals surface area (Å²) in [6.45, 7) is 1.57. The van der Waals surface area contributed by atoms with Crippen LogP contribution in [0.1, 0.15) is 25.3 Å². The molecule has 28 heavy (non-hydrogen) atoms. The molecule has 0 bridgehead atoms. The van der Waals surface area contributed by atoms with Crippen molar-refractivity contribution in [1.82, 2.24) is 0 Å². The molecule has 0 spiro atoms. The summed E-state index contributed by atoms with van der Waals surface area (Å²) in [5.74, 6) is -1.45. The lowest BCUT2D eigenvalue weighted by Gasteiger charge is -2.10. The fourth-order valence-corrected chi connectivity index (χ4v) is 2.67. The highest BCUT2D eigenvalue weighted by Gasteiger charge is 2.12. The fraction of sp³-hybridized carbons (Fsp3) is 0.250. The van der Waals surface area contributed by atoms with Crippen molar-refractivity contribution in [2.24, 2.45) is 0 Å². The molecule has 0 aliphatic rings. The summed E-state index contributed by atoms with van der Waals surface area (Å²) in [6, 6.07) is 12.1. The molecule has 6 nitrogen and oxygen atoms in total. The van der Waals surface area contributed by atoms with Crippen molar-refractivity contribution in [2.75, 3.05) is 17.2 Å². The smallest absolute Gasteiger partial charge is 0.306 e. The van der Waals surface area contributed by atoms with Crippen molar-refractivity contribution in [3.05, 3.63) is 58.1 Å². The van der Waals surface area contributed by atoms with E-state index in [1.165, 1.54) is 6.07 Å². The number of esters is 1. The minimum atomic E-state index is -0.636. The van der Waals surface area contributed by atoms with Gasteiger partial charge in [-0.2, -0.15) is 0 Å². The van der Waals surface area contributed by atoms with Crippen LogP contribution >= 0.6 is 23.2 Å². The third-order valence-electron chi connectivity index (χ3n) is 3.80. The van der Waals surface area contributed by atoms with E-state index in [-0.39, 0.29) is 18.7 Å². The molecule has 2 aromatic carbocycles. The quantitative estimate of drug-likeness (QED) is 0.615. The van der Waals surface area contributed by atoms with Gasteiger partial charge >= 0.3 is 5.97 Å². The lowest BCUT2D eigenvalue weighted by molar-refractivity contribution is -0.147. The Morgan fingerprint density at radius 3 is 2.39 bits per heavy atom. The van der Waals surface area contributed by atoms with Crippen molar-refractivity contribution < 1.29 is 19.1 Å². The summed E-state index contributed by atoms with van der Waals surface area (Å²) in [4.78, 5) is 35.6. The Labute approximate surface area is 173 Å². The molecule has 8 heteroatoms. The van der Waals surface area contributed by atoms with Gasteiger partial charge in [0.2, 0.25) is 5.91 Å². The van der Waals surface area contributed by atoms with Crippen LogP contribution in [-0.4, -0.2) is 24.4 Å². The molecule has 2 aromatic rings. The molecule has 0 fully saturated rings. The molecule has 0 aromatic heterocycles. The minimum absolute atomic E-state index is 0.0840. The Hall–Kier alpha value is -2.57. The number of amides is 2. The van der Waals surface area contributed by atoms with E-state index >= 15 is 0 Å². The van der Waals surface area contributed by atoms with Gasteiger partial charge in [0.15, 0.2) is 6.61 Å². The lowest BCUT2D eigenvalue weighted by Crippen LogP contribution is -2.22. The van der Waals surface area contributed by atoms with Gasteiger partial charge in [0.25, 0.3) is 5.91 Å². The van der Waals surface area contributed by atoms with Crippen molar-refractivity contribution in [3.63, 3.8) is 0 Å². The minimum Gasteiger partial charge on any atom is -0.456 e. The molecule has 2 amide bonds. The molecule has 0 saturated carbocycles. The summed E-state index contributed by atoms with van der Waals surface area (Å²) in [6.07, 6.45) is 0.537. The number of ether oxygens (including phenoxy) is 1. The second-order valence-corrected chi connectivity index (χ2v) is 6.71. The highest BCUT2D eigenvalue weighted by Crippen LogP contribution is 2.25. The molecular formula is C20H20Cl2N2O4. The summed E-state index contributed by atoms with van der Waals surface area (Å²) >= 11 is 11.7. The largest absolute Gasteiger partial charge is 0.456 e. The number of aryl methyl sites for hydroxylation is 1. The molecule has 0 saturated heterocycles. The van der Waals surface area contributed by atoms with E-state index in [2.05, 4.69) is 10.6 Å². The Bertz CT molecular complexity index is 871. The first-order valence-electron chi connectivity index (χ1n) is 8.67. The van der Waals surface area contributed by atoms with Gasteiger partial charge < -0.3 is 15.4 Å². The SMILES string of the molecule is CCc1ccccc1NC(=O)COC(=O)CCC(=O)Nc1ccc(Cl)c(Cl)c1. The van der Waals surface area contributed by atoms with E-state index < -0.39 is 18.5 Å². The number of nitrogens with one attached hydrogen (secondary N) is 2. The zero-order chi connectivity index (χ0) is 20.5. The first kappa shape index (κ1) is 21.7. The second-order valence-electron chi connectivity index (χ2n) is 5.90. The summed E-state index contributed by atoms with van der Waals surface area (Å²) in [5, 5.41) is 6.00. The van der Waals surface area contributed by atoms with Crippen LogP contribution < -0.4 is 10.6 Å². The lowest BCUT2D eigenvalue weighted by atomic mass is 10.1. The van der Waals surface area contributed by atoms with Crippen LogP contribution in [0.5, 0.6) is 0 Å². The predicted octanol–water partition coefficient (Wildman–Crippen LogP) is 4.46. The number of hydrogen-bond donors (Lipinski definition) is 2. The summed E-state index contributed by atoms with van der Waals surface area (Å²) in [7, 11) is 0. The highest BCUT2D eigenvalue weighted by atomic mass is 35.5. The highest BCUT2D eigenvalue weighted by molar-refractivity contribution is 6.42. The van der Waals surface area contributed by atoms with E-state index in [4.69, 9.17) is 27.9 Å². The zero-order valence-corrected chi connectivity index (χ0v) is 16.8. The second kappa shape index (κ2) is 10.7. The van der Waals surface area contributed by atoms with Gasteiger partial charge in [0, 0.05) is 17.8 Å². The Kier molecular flexibility index (Phi) is 8.29. The van der Waals surface area contributed by atoms with Crippen molar-refractivity contribution in [3.8, 4) is 0 Å². The molecule has 0 atom stereocenters. The van der Waals surface area contributed by atoms with Crippen molar-refractivity contribution in [2.45, 2.75) is 26.2 Å². The van der Waals surface area contributed by atoms with Crippen LogP contribution in [0.4, 0.5) is 11.4 Å². The maximum atomic E-state index is 11.9. The van der Waals surface area contributed by atoms with Gasteiger partial charge in [-0.1, -0.05) is 48.3 Å². The van der Waals surface area contributed by atoms with Gasteiger partial charge in [0.05, 0.1) is 16.5 Å². The van der Waals surface area contributed by atoms with Gasteiger partial charge in [-0.3, -0.25) is 14.4 Å². The summed E-state index contributed by atoms with van der Waals surface area (Å²) < 4.78 is 4.92. The van der Waals surface area contributed by atoms with E-state index in [1.54, 1.807) is 18.2 Å². The topological polar surface area (TPSA) is 84.5 Å². The molecule has 0 unspecified atom stereocenters. The molecule has 0 heterocycles. The average Bonchev–Trinajstić information content (AvgIpc) is 2.68. The molecule has 0 radical (unpaired) electrons. The number of carbonyl (C=O) groups is 3. The average molecular weight is 423 g/mol. The van der Waals surface area contributed by atoms with E-state index in [0.717, 1.165) is 12.0 Å². The predicted molar refractivity (Wildman–Crippen MR) is 110 cm³/mol. The summed E-state index contributed by atoms with van der Waals surface area (Å²) in [5.41, 5.74) is 2.15. The Balaban J connectivity index is 1.72. The fourth-order valence-electron chi connectivity index (χ4n) is 2.37. The third-order valence-corrected chi connectivity index (χ3v) is 4.54. The van der Waals surface area contributed by atoms with E-state index in [0.29, 0.717) is 21.4 Å². The normalized spacial score (nSPS) is 10.2. The van der Waals surface area contributed by atoms with Gasteiger partial charge in [-0.25, -0.2) is 0 Å². The maximum absolute atomic E-state index is 11.9. The van der Waals surface area contributed by atoms with Crippen LogP contribution in [0.3, 0.4) is 0 Å². The number of rotatable bonds is 8. The Morgan fingerprint density at radius 2 is 1.68 bits per heavy atom. The number of para-hydroxylation sites is 1. The molecule has 148 valence electrons. The number of carbonyl (C=O) groups excluding carboxylic acids is 3. The molecule has 2 N–H and O–H groups in total. The van der Waals surface area contributed by atoms with Crippen LogP contribution in [-0.2, 0) is 25.5 Å². The van der Waals surface area contributed by atoms with Gasteiger partial charge in [-0.05, 0) is 36.2 Å². The van der Waals surface area contributed by atoms with E-state index in [1.807, 2.05) is 25.1 Å². The number of anilines is 2. The van der Waals surface area contributed by atoms with Gasteiger partial charge in [-0.15, -0.1) is 0 Å². The number of benzene rings is 2. The first-order valence-corrected chi connectivity index (χ1v) is 9.43. The molecule has 2 rings (SSSR count). The zero-order valence-electron chi connectivity index (χ0n) is 15.3. The number of hydrogen-bond acceptors (Lipinski definition) is 4. The third kappa shape index (κ3) is 6.87. The van der Waals surface area contributed by atoms with E-state index in [9.17, 15) is 14.4 Å². The monoisotopic (exact) mass is 422 g/mol. The maximum Gasteiger partial charge on any atom is 0.306 e. The standard InChI is InChI=1S/C20H20Cl2N2O4/c1-2-13-5-3-4-6-17(13)24-19(26)12-28-20(27)10-9-18(25)23-14-7-8-15(21)16(22)11-14/h3-8,11H,2,9-10,12H2,1H3,(H,23,25)(H,24,26). The van der Waals surface area contributed by atoms with Crippen LogP contribution in [0, 0.1) is 0 Å². The van der Waals surface area contributed by atoms with Gasteiger partial charge in [0.1, 0.15) is 0 Å². The van der Waals surface area contributed by atoms with Crippen LogP contribution in [0.25, 0.3) is 0 Å². The molecule has 0 aliphatic heterocycles. The molecule has 0 aliphatic carbocycles. The van der Waals surface area contributed by atoms with Crippen LogP contribution in [0.15, 0.2) is 42.5 Å². The molecular weight excluding hydrogens is 403 g/mol.